The smallest absolute Gasteiger partial charge is 0.256 e. The highest BCUT2D eigenvalue weighted by Gasteiger charge is 2.25. The van der Waals surface area contributed by atoms with Gasteiger partial charge in [-0.15, -0.1) is 0 Å². The first-order valence-corrected chi connectivity index (χ1v) is 6.34. The number of nitrogens with one attached hydrogen (secondary N) is 1. The summed E-state index contributed by atoms with van der Waals surface area (Å²) in [5.74, 6) is -1.11. The quantitative estimate of drug-likeness (QED) is 0.918. The Kier molecular flexibility index (Phi) is 4.19. The lowest BCUT2D eigenvalue weighted by atomic mass is 10.1. The topological polar surface area (TPSA) is 38.3 Å². The summed E-state index contributed by atoms with van der Waals surface area (Å²) in [6, 6.07) is 4.03. The largest absolute Gasteiger partial charge is 0.376 e. The normalized spacial score (nSPS) is 20.7. The fraction of sp³-hybridized carbons (Fsp3) is 0.462. The Morgan fingerprint density at radius 2 is 2.39 bits per heavy atom. The molecule has 0 saturated carbocycles. The van der Waals surface area contributed by atoms with E-state index < -0.39 is 11.7 Å². The lowest BCUT2D eigenvalue weighted by Crippen LogP contribution is -2.41. The molecule has 1 aliphatic heterocycles. The molecule has 0 bridgehead atoms. The van der Waals surface area contributed by atoms with Gasteiger partial charge >= 0.3 is 0 Å². The second-order valence-corrected chi connectivity index (χ2v) is 4.82. The number of rotatable bonds is 3. The molecule has 0 aromatic heterocycles. The lowest BCUT2D eigenvalue weighted by Gasteiger charge is -2.20. The number of halogens is 2. The van der Waals surface area contributed by atoms with Crippen molar-refractivity contribution in [1.29, 1.82) is 0 Å². The standard InChI is InChI=1S/C13H15ClFNO2/c1-8(11-6-3-7-18-11)16-13(17)12-9(14)4-2-5-10(12)15/h2,4-5,8,11H,3,6-7H2,1H3,(H,16,17). The van der Waals surface area contributed by atoms with Gasteiger partial charge in [0.05, 0.1) is 22.7 Å². The number of ether oxygens (including phenoxy) is 1. The zero-order valence-corrected chi connectivity index (χ0v) is 10.8. The van der Waals surface area contributed by atoms with E-state index in [0.717, 1.165) is 12.8 Å². The van der Waals surface area contributed by atoms with Crippen LogP contribution in [0.1, 0.15) is 30.1 Å². The van der Waals surface area contributed by atoms with Crippen molar-refractivity contribution in [1.82, 2.24) is 5.32 Å². The SMILES string of the molecule is CC(NC(=O)c1c(F)cccc1Cl)C1CCCO1. The van der Waals surface area contributed by atoms with Crippen LogP contribution < -0.4 is 5.32 Å². The molecule has 1 N–H and O–H groups in total. The second-order valence-electron chi connectivity index (χ2n) is 4.41. The third kappa shape index (κ3) is 2.82. The van der Waals surface area contributed by atoms with Crippen molar-refractivity contribution in [3.05, 3.63) is 34.6 Å². The monoisotopic (exact) mass is 271 g/mol. The van der Waals surface area contributed by atoms with Crippen LogP contribution in [0.2, 0.25) is 5.02 Å². The summed E-state index contributed by atoms with van der Waals surface area (Å²) in [7, 11) is 0. The van der Waals surface area contributed by atoms with Crippen LogP contribution in [0.5, 0.6) is 0 Å². The van der Waals surface area contributed by atoms with E-state index in [0.29, 0.717) is 6.61 Å². The molecule has 0 radical (unpaired) electrons. The zero-order valence-electron chi connectivity index (χ0n) is 10.1. The van der Waals surface area contributed by atoms with Crippen molar-refractivity contribution in [3.63, 3.8) is 0 Å². The Bertz CT molecular complexity index is 426. The van der Waals surface area contributed by atoms with E-state index in [1.807, 2.05) is 6.92 Å². The van der Waals surface area contributed by atoms with E-state index in [1.165, 1.54) is 18.2 Å². The molecule has 1 saturated heterocycles. The summed E-state index contributed by atoms with van der Waals surface area (Å²) in [6.07, 6.45) is 1.90. The molecule has 1 aromatic rings. The molecule has 1 aliphatic rings. The van der Waals surface area contributed by atoms with E-state index >= 15 is 0 Å². The Balaban J connectivity index is 2.07. The average molecular weight is 272 g/mol. The Morgan fingerprint density at radius 1 is 1.61 bits per heavy atom. The summed E-state index contributed by atoms with van der Waals surface area (Å²) in [6.45, 7) is 2.56. The van der Waals surface area contributed by atoms with Gasteiger partial charge in [-0.2, -0.15) is 0 Å². The number of carbonyl (C=O) groups excluding carboxylic acids is 1. The maximum absolute atomic E-state index is 13.6. The second kappa shape index (κ2) is 5.67. The van der Waals surface area contributed by atoms with Crippen molar-refractivity contribution in [3.8, 4) is 0 Å². The van der Waals surface area contributed by atoms with Crippen LogP contribution in [0.25, 0.3) is 0 Å². The fourth-order valence-corrected chi connectivity index (χ4v) is 2.33. The third-order valence-corrected chi connectivity index (χ3v) is 3.39. The summed E-state index contributed by atoms with van der Waals surface area (Å²) < 4.78 is 19.0. The summed E-state index contributed by atoms with van der Waals surface area (Å²) in [4.78, 5) is 12.0. The predicted octanol–water partition coefficient (Wildman–Crippen LogP) is 2.78. The van der Waals surface area contributed by atoms with Crippen molar-refractivity contribution < 1.29 is 13.9 Å². The predicted molar refractivity (Wildman–Crippen MR) is 67.3 cm³/mol. The van der Waals surface area contributed by atoms with Crippen LogP contribution in [-0.2, 0) is 4.74 Å². The maximum Gasteiger partial charge on any atom is 0.256 e. The van der Waals surface area contributed by atoms with E-state index in [1.54, 1.807) is 0 Å². The molecule has 1 amide bonds. The fourth-order valence-electron chi connectivity index (χ4n) is 2.08. The van der Waals surface area contributed by atoms with Crippen LogP contribution >= 0.6 is 11.6 Å². The van der Waals surface area contributed by atoms with Crippen LogP contribution in [0, 0.1) is 5.82 Å². The molecular weight excluding hydrogens is 257 g/mol. The minimum absolute atomic E-state index is 0.000464. The van der Waals surface area contributed by atoms with Gasteiger partial charge in [0.1, 0.15) is 5.82 Å². The molecule has 0 aliphatic carbocycles. The minimum Gasteiger partial charge on any atom is -0.376 e. The number of amides is 1. The van der Waals surface area contributed by atoms with Gasteiger partial charge < -0.3 is 10.1 Å². The molecule has 98 valence electrons. The van der Waals surface area contributed by atoms with Gasteiger partial charge in [-0.1, -0.05) is 17.7 Å². The maximum atomic E-state index is 13.6. The number of hydrogen-bond donors (Lipinski definition) is 1. The van der Waals surface area contributed by atoms with Crippen molar-refractivity contribution in [2.45, 2.75) is 31.9 Å². The van der Waals surface area contributed by atoms with E-state index in [9.17, 15) is 9.18 Å². The van der Waals surface area contributed by atoms with Gasteiger partial charge in [0.25, 0.3) is 5.91 Å². The summed E-state index contributed by atoms with van der Waals surface area (Å²) in [5.41, 5.74) is -0.107. The highest BCUT2D eigenvalue weighted by atomic mass is 35.5. The number of benzene rings is 1. The first kappa shape index (κ1) is 13.3. The van der Waals surface area contributed by atoms with E-state index in [-0.39, 0.29) is 22.7 Å². The zero-order chi connectivity index (χ0) is 13.1. The lowest BCUT2D eigenvalue weighted by molar-refractivity contribution is 0.0710. The van der Waals surface area contributed by atoms with Crippen molar-refractivity contribution in [2.75, 3.05) is 6.61 Å². The third-order valence-electron chi connectivity index (χ3n) is 3.07. The molecule has 2 rings (SSSR count). The molecule has 1 fully saturated rings. The highest BCUT2D eigenvalue weighted by Crippen LogP contribution is 2.20. The van der Waals surface area contributed by atoms with Gasteiger partial charge in [-0.25, -0.2) is 4.39 Å². The number of carbonyl (C=O) groups is 1. The molecule has 3 nitrogen and oxygen atoms in total. The average Bonchev–Trinajstić information content (AvgIpc) is 2.81. The minimum atomic E-state index is -0.612. The van der Waals surface area contributed by atoms with Gasteiger partial charge in [-0.3, -0.25) is 4.79 Å². The van der Waals surface area contributed by atoms with Crippen molar-refractivity contribution >= 4 is 17.5 Å². The number of hydrogen-bond acceptors (Lipinski definition) is 2. The van der Waals surface area contributed by atoms with Gasteiger partial charge in [-0.05, 0) is 31.9 Å². The van der Waals surface area contributed by atoms with E-state index in [4.69, 9.17) is 16.3 Å². The molecule has 5 heteroatoms. The van der Waals surface area contributed by atoms with Gasteiger partial charge in [0.2, 0.25) is 0 Å². The van der Waals surface area contributed by atoms with Crippen LogP contribution in [0.4, 0.5) is 4.39 Å². The highest BCUT2D eigenvalue weighted by molar-refractivity contribution is 6.33. The molecule has 2 unspecified atom stereocenters. The molecule has 2 atom stereocenters. The molecule has 18 heavy (non-hydrogen) atoms. The van der Waals surface area contributed by atoms with Crippen LogP contribution in [0.15, 0.2) is 18.2 Å². The van der Waals surface area contributed by atoms with Crippen molar-refractivity contribution in [2.24, 2.45) is 0 Å². The Hall–Kier alpha value is -1.13. The Morgan fingerprint density at radius 3 is 3.00 bits per heavy atom. The molecular formula is C13H15ClFNO2. The van der Waals surface area contributed by atoms with Gasteiger partial charge in [0, 0.05) is 6.61 Å². The summed E-state index contributed by atoms with van der Waals surface area (Å²) >= 11 is 5.84. The first-order chi connectivity index (χ1) is 8.59. The first-order valence-electron chi connectivity index (χ1n) is 5.96. The Labute approximate surface area is 110 Å². The van der Waals surface area contributed by atoms with Gasteiger partial charge in [0.15, 0.2) is 0 Å². The molecule has 0 spiro atoms. The van der Waals surface area contributed by atoms with Crippen LogP contribution in [-0.4, -0.2) is 24.7 Å². The summed E-state index contributed by atoms with van der Waals surface area (Å²) in [5, 5.41) is 2.85. The van der Waals surface area contributed by atoms with E-state index in [2.05, 4.69) is 5.32 Å². The van der Waals surface area contributed by atoms with Crippen LogP contribution in [0.3, 0.4) is 0 Å². The molecule has 1 heterocycles. The molecule has 1 aromatic carbocycles.